The van der Waals surface area contributed by atoms with Crippen LogP contribution in [-0.4, -0.2) is 4.98 Å². The summed E-state index contributed by atoms with van der Waals surface area (Å²) >= 11 is 5.65. The number of pyridine rings is 1. The minimum Gasteiger partial charge on any atom is -0.251 e. The standard InChI is InChI=1S/C10H7ClN/c11-7-9-6-5-8-3-1-2-4-10(8)12-9/h1-3,5-6H,7H2. The number of hydrogen-bond acceptors (Lipinski definition) is 1. The van der Waals surface area contributed by atoms with Crippen molar-refractivity contribution >= 4 is 22.5 Å². The predicted octanol–water partition coefficient (Wildman–Crippen LogP) is 2.77. The minimum absolute atomic E-state index is 0.457. The van der Waals surface area contributed by atoms with E-state index in [-0.39, 0.29) is 0 Å². The Morgan fingerprint density at radius 2 is 2.25 bits per heavy atom. The summed E-state index contributed by atoms with van der Waals surface area (Å²) in [5.74, 6) is 0.457. The topological polar surface area (TPSA) is 12.9 Å². The average molecular weight is 177 g/mol. The molecule has 0 saturated heterocycles. The molecule has 0 aliphatic heterocycles. The molecule has 1 aromatic carbocycles. The summed E-state index contributed by atoms with van der Waals surface area (Å²) < 4.78 is 0. The molecule has 0 fully saturated rings. The molecule has 1 nitrogen and oxygen atoms in total. The van der Waals surface area contributed by atoms with Gasteiger partial charge in [-0.05, 0) is 6.07 Å². The van der Waals surface area contributed by atoms with E-state index in [0.717, 1.165) is 16.6 Å². The molecule has 1 heterocycles. The molecule has 0 unspecified atom stereocenters. The third-order valence-corrected chi connectivity index (χ3v) is 1.99. The van der Waals surface area contributed by atoms with Gasteiger partial charge in [0, 0.05) is 11.5 Å². The second-order valence-corrected chi connectivity index (χ2v) is 2.81. The number of fused-ring (bicyclic) bond motifs is 1. The lowest BCUT2D eigenvalue weighted by atomic mass is 10.2. The van der Waals surface area contributed by atoms with Crippen LogP contribution in [-0.2, 0) is 5.88 Å². The van der Waals surface area contributed by atoms with Gasteiger partial charge in [0.2, 0.25) is 0 Å². The maximum atomic E-state index is 5.65. The number of halogens is 1. The first-order valence-electron chi connectivity index (χ1n) is 3.72. The highest BCUT2D eigenvalue weighted by molar-refractivity contribution is 6.16. The lowest BCUT2D eigenvalue weighted by molar-refractivity contribution is 1.22. The molecule has 2 aromatic rings. The third-order valence-electron chi connectivity index (χ3n) is 1.71. The van der Waals surface area contributed by atoms with Crippen LogP contribution in [0.1, 0.15) is 5.69 Å². The van der Waals surface area contributed by atoms with Gasteiger partial charge in [-0.15, -0.1) is 11.6 Å². The van der Waals surface area contributed by atoms with Gasteiger partial charge in [-0.1, -0.05) is 24.3 Å². The first kappa shape index (κ1) is 7.56. The summed E-state index contributed by atoms with van der Waals surface area (Å²) in [5.41, 5.74) is 1.78. The van der Waals surface area contributed by atoms with Gasteiger partial charge in [-0.3, -0.25) is 4.98 Å². The third kappa shape index (κ3) is 1.28. The fourth-order valence-corrected chi connectivity index (χ4v) is 1.26. The fourth-order valence-electron chi connectivity index (χ4n) is 1.11. The molecule has 0 saturated carbocycles. The molecule has 0 bridgehead atoms. The molecule has 0 aliphatic rings. The Labute approximate surface area is 76.0 Å². The molecule has 1 radical (unpaired) electrons. The van der Waals surface area contributed by atoms with Crippen molar-refractivity contribution in [2.45, 2.75) is 5.88 Å². The summed E-state index contributed by atoms with van der Waals surface area (Å²) in [6.45, 7) is 0. The van der Waals surface area contributed by atoms with Crippen molar-refractivity contribution in [2.24, 2.45) is 0 Å². The summed E-state index contributed by atoms with van der Waals surface area (Å²) in [6, 6.07) is 12.8. The average Bonchev–Trinajstić information content (AvgIpc) is 2.17. The minimum atomic E-state index is 0.457. The zero-order chi connectivity index (χ0) is 8.39. The maximum absolute atomic E-state index is 5.65. The van der Waals surface area contributed by atoms with Crippen LogP contribution in [0.5, 0.6) is 0 Å². The monoisotopic (exact) mass is 176 g/mol. The Bertz CT molecular complexity index is 398. The SMILES string of the molecule is ClCc1ccc2ccc[c]c2n1. The van der Waals surface area contributed by atoms with Gasteiger partial charge < -0.3 is 0 Å². The van der Waals surface area contributed by atoms with Crippen molar-refractivity contribution < 1.29 is 0 Å². The number of alkyl halides is 1. The normalized spacial score (nSPS) is 10.4. The van der Waals surface area contributed by atoms with Crippen molar-refractivity contribution in [3.63, 3.8) is 0 Å². The number of para-hydroxylation sites is 1. The zero-order valence-corrected chi connectivity index (χ0v) is 7.17. The summed E-state index contributed by atoms with van der Waals surface area (Å²) in [5, 5.41) is 1.10. The Morgan fingerprint density at radius 3 is 3.08 bits per heavy atom. The molecule has 59 valence electrons. The van der Waals surface area contributed by atoms with Gasteiger partial charge in [0.1, 0.15) is 0 Å². The lowest BCUT2D eigenvalue weighted by Crippen LogP contribution is -1.85. The van der Waals surface area contributed by atoms with Crippen LogP contribution in [0.25, 0.3) is 10.9 Å². The highest BCUT2D eigenvalue weighted by Crippen LogP contribution is 2.11. The predicted molar refractivity (Wildman–Crippen MR) is 50.1 cm³/mol. The Kier molecular flexibility index (Phi) is 1.96. The highest BCUT2D eigenvalue weighted by atomic mass is 35.5. The molecule has 12 heavy (non-hydrogen) atoms. The van der Waals surface area contributed by atoms with E-state index in [1.165, 1.54) is 0 Å². The molecule has 0 N–H and O–H groups in total. The van der Waals surface area contributed by atoms with Crippen LogP contribution >= 0.6 is 11.6 Å². The van der Waals surface area contributed by atoms with Crippen LogP contribution in [0.2, 0.25) is 0 Å². The largest absolute Gasteiger partial charge is 0.251 e. The van der Waals surface area contributed by atoms with Crippen LogP contribution in [0.3, 0.4) is 0 Å². The maximum Gasteiger partial charge on any atom is 0.0784 e. The second kappa shape index (κ2) is 3.11. The quantitative estimate of drug-likeness (QED) is 0.609. The van der Waals surface area contributed by atoms with E-state index in [9.17, 15) is 0 Å². The van der Waals surface area contributed by atoms with Gasteiger partial charge in [-0.2, -0.15) is 0 Å². The van der Waals surface area contributed by atoms with E-state index >= 15 is 0 Å². The second-order valence-electron chi connectivity index (χ2n) is 2.54. The first-order chi connectivity index (χ1) is 5.90. The summed E-state index contributed by atoms with van der Waals surface area (Å²) in [7, 11) is 0. The number of hydrogen-bond donors (Lipinski definition) is 0. The van der Waals surface area contributed by atoms with Crippen molar-refractivity contribution in [1.29, 1.82) is 0 Å². The Balaban J connectivity index is 2.67. The van der Waals surface area contributed by atoms with Crippen LogP contribution in [0.15, 0.2) is 30.3 Å². The van der Waals surface area contributed by atoms with E-state index < -0.39 is 0 Å². The molecule has 1 aromatic heterocycles. The Hall–Kier alpha value is -1.08. The highest BCUT2D eigenvalue weighted by Gasteiger charge is 1.95. The van der Waals surface area contributed by atoms with E-state index in [2.05, 4.69) is 11.1 Å². The number of nitrogens with zero attached hydrogens (tertiary/aromatic N) is 1. The molecule has 0 spiro atoms. The van der Waals surface area contributed by atoms with Crippen LogP contribution < -0.4 is 0 Å². The van der Waals surface area contributed by atoms with Crippen LogP contribution in [0, 0.1) is 6.07 Å². The summed E-state index contributed by atoms with van der Waals surface area (Å²) in [6.07, 6.45) is 0. The van der Waals surface area contributed by atoms with Crippen molar-refractivity contribution in [2.75, 3.05) is 0 Å². The molecule has 2 heteroatoms. The summed E-state index contributed by atoms with van der Waals surface area (Å²) in [4.78, 5) is 4.31. The molecule has 0 amide bonds. The van der Waals surface area contributed by atoms with Crippen molar-refractivity contribution in [3.8, 4) is 0 Å². The molecule has 2 rings (SSSR count). The Morgan fingerprint density at radius 1 is 1.33 bits per heavy atom. The number of benzene rings is 1. The first-order valence-corrected chi connectivity index (χ1v) is 4.26. The smallest absolute Gasteiger partial charge is 0.0784 e. The molecule has 0 atom stereocenters. The van der Waals surface area contributed by atoms with Crippen LogP contribution in [0.4, 0.5) is 0 Å². The fraction of sp³-hybridized carbons (Fsp3) is 0.100. The zero-order valence-electron chi connectivity index (χ0n) is 6.42. The number of rotatable bonds is 1. The van der Waals surface area contributed by atoms with Crippen molar-refractivity contribution in [1.82, 2.24) is 4.98 Å². The van der Waals surface area contributed by atoms with E-state index in [1.54, 1.807) is 0 Å². The van der Waals surface area contributed by atoms with E-state index in [0.29, 0.717) is 5.88 Å². The van der Waals surface area contributed by atoms with E-state index in [1.807, 2.05) is 30.3 Å². The van der Waals surface area contributed by atoms with Gasteiger partial charge in [0.15, 0.2) is 0 Å². The lowest BCUT2D eigenvalue weighted by Gasteiger charge is -1.97. The number of aromatic nitrogens is 1. The van der Waals surface area contributed by atoms with Gasteiger partial charge in [0.05, 0.1) is 17.1 Å². The van der Waals surface area contributed by atoms with E-state index in [4.69, 9.17) is 11.6 Å². The van der Waals surface area contributed by atoms with Gasteiger partial charge in [-0.25, -0.2) is 0 Å². The molecular formula is C10H7ClN. The van der Waals surface area contributed by atoms with Gasteiger partial charge in [0.25, 0.3) is 0 Å². The van der Waals surface area contributed by atoms with Gasteiger partial charge >= 0.3 is 0 Å². The molecular weight excluding hydrogens is 170 g/mol. The van der Waals surface area contributed by atoms with Crippen molar-refractivity contribution in [3.05, 3.63) is 42.1 Å². The molecule has 0 aliphatic carbocycles.